The van der Waals surface area contributed by atoms with E-state index in [1.807, 2.05) is 18.2 Å². The predicted octanol–water partition coefficient (Wildman–Crippen LogP) is 3.05. The van der Waals surface area contributed by atoms with E-state index in [-0.39, 0.29) is 11.2 Å². The van der Waals surface area contributed by atoms with Gasteiger partial charge in [0.2, 0.25) is 11.2 Å². The number of nitrogens with one attached hydrogen (secondary N) is 1. The molecule has 4 nitrogen and oxygen atoms in total. The minimum Gasteiger partial charge on any atom is -0.309 e. The van der Waals surface area contributed by atoms with Crippen molar-refractivity contribution in [2.75, 3.05) is 5.32 Å². The summed E-state index contributed by atoms with van der Waals surface area (Å²) in [6, 6.07) is 10.6. The first kappa shape index (κ1) is 12.8. The highest BCUT2D eigenvalue weighted by molar-refractivity contribution is 6.32. The van der Waals surface area contributed by atoms with E-state index in [2.05, 4.69) is 15.3 Å². The lowest BCUT2D eigenvalue weighted by Gasteiger charge is -2.10. The van der Waals surface area contributed by atoms with Crippen molar-refractivity contribution in [3.63, 3.8) is 0 Å². The molecule has 1 aromatic heterocycles. The molecule has 0 fully saturated rings. The van der Waals surface area contributed by atoms with E-state index in [1.54, 1.807) is 18.2 Å². The number of hydrogen-bond donors (Lipinski definition) is 1. The Labute approximate surface area is 114 Å². The molecular weight excluding hydrogens is 273 g/mol. The van der Waals surface area contributed by atoms with E-state index in [0.717, 1.165) is 5.56 Å². The molecule has 0 spiro atoms. The summed E-state index contributed by atoms with van der Waals surface area (Å²) in [5.74, 6) is -0.0424. The molecule has 1 N–H and O–H groups in total. The standard InChI is InChI=1S/C12H9Cl2N3O/c13-10(8-4-2-1-3-5-8)11(18)16-9-6-7-15-12(14)17-9/h1-7,10H,(H,15,16,17,18). The van der Waals surface area contributed by atoms with Crippen LogP contribution in [0.1, 0.15) is 10.9 Å². The maximum Gasteiger partial charge on any atom is 0.248 e. The Morgan fingerprint density at radius 2 is 1.94 bits per heavy atom. The van der Waals surface area contributed by atoms with Crippen molar-refractivity contribution >= 4 is 34.9 Å². The number of carbonyl (C=O) groups is 1. The zero-order valence-corrected chi connectivity index (χ0v) is 10.7. The molecule has 0 aliphatic carbocycles. The van der Waals surface area contributed by atoms with Crippen LogP contribution < -0.4 is 5.32 Å². The van der Waals surface area contributed by atoms with Gasteiger partial charge in [0.05, 0.1) is 0 Å². The number of amides is 1. The summed E-state index contributed by atoms with van der Waals surface area (Å²) >= 11 is 11.7. The van der Waals surface area contributed by atoms with Gasteiger partial charge >= 0.3 is 0 Å². The van der Waals surface area contributed by atoms with Crippen LogP contribution in [0.4, 0.5) is 5.82 Å². The van der Waals surface area contributed by atoms with Crippen molar-refractivity contribution in [1.29, 1.82) is 0 Å². The molecule has 0 radical (unpaired) electrons. The average molecular weight is 282 g/mol. The Bertz CT molecular complexity index is 548. The smallest absolute Gasteiger partial charge is 0.248 e. The van der Waals surface area contributed by atoms with Crippen LogP contribution in [-0.4, -0.2) is 15.9 Å². The molecular formula is C12H9Cl2N3O. The molecule has 1 unspecified atom stereocenters. The number of hydrogen-bond acceptors (Lipinski definition) is 3. The number of carbonyl (C=O) groups excluding carboxylic acids is 1. The lowest BCUT2D eigenvalue weighted by Crippen LogP contribution is -2.18. The fourth-order valence-electron chi connectivity index (χ4n) is 1.37. The van der Waals surface area contributed by atoms with Gasteiger partial charge in [0, 0.05) is 6.20 Å². The van der Waals surface area contributed by atoms with Crippen molar-refractivity contribution in [2.45, 2.75) is 5.38 Å². The van der Waals surface area contributed by atoms with Crippen molar-refractivity contribution in [3.8, 4) is 0 Å². The molecule has 6 heteroatoms. The summed E-state index contributed by atoms with van der Waals surface area (Å²) in [5.41, 5.74) is 0.719. The fraction of sp³-hybridized carbons (Fsp3) is 0.0833. The largest absolute Gasteiger partial charge is 0.309 e. The Morgan fingerprint density at radius 1 is 1.22 bits per heavy atom. The minimum absolute atomic E-state index is 0.0682. The molecule has 0 saturated carbocycles. The number of benzene rings is 1. The quantitative estimate of drug-likeness (QED) is 0.695. The van der Waals surface area contributed by atoms with Crippen LogP contribution >= 0.6 is 23.2 Å². The molecule has 18 heavy (non-hydrogen) atoms. The van der Waals surface area contributed by atoms with Gasteiger partial charge in [-0.05, 0) is 23.2 Å². The molecule has 1 atom stereocenters. The van der Waals surface area contributed by atoms with Crippen molar-refractivity contribution in [3.05, 3.63) is 53.4 Å². The molecule has 0 bridgehead atoms. The summed E-state index contributed by atoms with van der Waals surface area (Å²) in [7, 11) is 0. The molecule has 92 valence electrons. The Morgan fingerprint density at radius 3 is 2.61 bits per heavy atom. The van der Waals surface area contributed by atoms with Crippen LogP contribution in [0.5, 0.6) is 0 Å². The van der Waals surface area contributed by atoms with Gasteiger partial charge in [-0.3, -0.25) is 4.79 Å². The number of alkyl halides is 1. The minimum atomic E-state index is -0.778. The highest BCUT2D eigenvalue weighted by Crippen LogP contribution is 2.21. The third kappa shape index (κ3) is 3.18. The lowest BCUT2D eigenvalue weighted by atomic mass is 10.1. The normalized spacial score (nSPS) is 11.9. The Balaban J connectivity index is 2.09. The SMILES string of the molecule is O=C(Nc1ccnc(Cl)n1)C(Cl)c1ccccc1. The van der Waals surface area contributed by atoms with Gasteiger partial charge in [-0.15, -0.1) is 11.6 Å². The second kappa shape index (κ2) is 5.80. The van der Waals surface area contributed by atoms with Gasteiger partial charge in [0.1, 0.15) is 11.2 Å². The van der Waals surface area contributed by atoms with E-state index in [0.29, 0.717) is 5.82 Å². The molecule has 0 aliphatic heterocycles. The topological polar surface area (TPSA) is 54.9 Å². The van der Waals surface area contributed by atoms with Crippen LogP contribution in [0.25, 0.3) is 0 Å². The zero-order valence-electron chi connectivity index (χ0n) is 9.18. The molecule has 0 aliphatic rings. The number of nitrogens with zero attached hydrogens (tertiary/aromatic N) is 2. The van der Waals surface area contributed by atoms with Gasteiger partial charge in [0.25, 0.3) is 0 Å². The Hall–Kier alpha value is -1.65. The highest BCUT2D eigenvalue weighted by Gasteiger charge is 2.17. The van der Waals surface area contributed by atoms with Crippen molar-refractivity contribution < 1.29 is 4.79 Å². The van der Waals surface area contributed by atoms with E-state index in [1.165, 1.54) is 6.20 Å². The zero-order chi connectivity index (χ0) is 13.0. The molecule has 1 heterocycles. The van der Waals surface area contributed by atoms with Gasteiger partial charge in [-0.1, -0.05) is 30.3 Å². The van der Waals surface area contributed by atoms with Gasteiger partial charge in [-0.25, -0.2) is 9.97 Å². The number of anilines is 1. The maximum atomic E-state index is 11.9. The van der Waals surface area contributed by atoms with Crippen LogP contribution in [0.3, 0.4) is 0 Å². The first-order chi connectivity index (χ1) is 8.66. The number of halogens is 2. The highest BCUT2D eigenvalue weighted by atomic mass is 35.5. The third-order valence-corrected chi connectivity index (χ3v) is 2.83. The van der Waals surface area contributed by atoms with Gasteiger partial charge in [-0.2, -0.15) is 0 Å². The summed E-state index contributed by atoms with van der Waals surface area (Å²) in [4.78, 5) is 19.5. The maximum absolute atomic E-state index is 11.9. The van der Waals surface area contributed by atoms with Crippen LogP contribution in [-0.2, 0) is 4.79 Å². The summed E-state index contributed by atoms with van der Waals surface area (Å²) < 4.78 is 0. The fourth-order valence-corrected chi connectivity index (χ4v) is 1.71. The van der Waals surface area contributed by atoms with Crippen molar-refractivity contribution in [1.82, 2.24) is 9.97 Å². The van der Waals surface area contributed by atoms with Gasteiger partial charge < -0.3 is 5.32 Å². The van der Waals surface area contributed by atoms with E-state index in [4.69, 9.17) is 23.2 Å². The summed E-state index contributed by atoms with van der Waals surface area (Å²) in [6.07, 6.45) is 1.46. The number of rotatable bonds is 3. The van der Waals surface area contributed by atoms with Crippen LogP contribution in [0.15, 0.2) is 42.6 Å². The molecule has 1 aromatic carbocycles. The van der Waals surface area contributed by atoms with Crippen LogP contribution in [0, 0.1) is 0 Å². The summed E-state index contributed by atoms with van der Waals surface area (Å²) in [5, 5.41) is 1.86. The molecule has 1 amide bonds. The van der Waals surface area contributed by atoms with Crippen LogP contribution in [0.2, 0.25) is 5.28 Å². The number of aromatic nitrogens is 2. The molecule has 2 rings (SSSR count). The monoisotopic (exact) mass is 281 g/mol. The molecule has 2 aromatic rings. The average Bonchev–Trinajstić information content (AvgIpc) is 2.39. The van der Waals surface area contributed by atoms with Crippen molar-refractivity contribution in [2.24, 2.45) is 0 Å². The predicted molar refractivity (Wildman–Crippen MR) is 70.7 cm³/mol. The summed E-state index contributed by atoms with van der Waals surface area (Å²) in [6.45, 7) is 0. The second-order valence-corrected chi connectivity index (χ2v) is 4.25. The van der Waals surface area contributed by atoms with E-state index < -0.39 is 5.38 Å². The first-order valence-electron chi connectivity index (χ1n) is 5.15. The van der Waals surface area contributed by atoms with E-state index in [9.17, 15) is 4.79 Å². The second-order valence-electron chi connectivity index (χ2n) is 3.47. The van der Waals surface area contributed by atoms with Gasteiger partial charge in [0.15, 0.2) is 0 Å². The Kier molecular flexibility index (Phi) is 4.12. The lowest BCUT2D eigenvalue weighted by molar-refractivity contribution is -0.116. The first-order valence-corrected chi connectivity index (χ1v) is 5.96. The van der Waals surface area contributed by atoms with E-state index >= 15 is 0 Å². The third-order valence-electron chi connectivity index (χ3n) is 2.20. The molecule has 0 saturated heterocycles.